The highest BCUT2D eigenvalue weighted by atomic mass is 19.1. The molecule has 2 bridgehead atoms. The third-order valence-electron chi connectivity index (χ3n) is 6.63. The molecular weight excluding hydrogens is 381 g/mol. The Morgan fingerprint density at radius 1 is 1.07 bits per heavy atom. The highest BCUT2D eigenvalue weighted by molar-refractivity contribution is 5.92. The van der Waals surface area contributed by atoms with Gasteiger partial charge in [0.25, 0.3) is 0 Å². The van der Waals surface area contributed by atoms with Crippen molar-refractivity contribution in [3.63, 3.8) is 0 Å². The molecule has 0 unspecified atom stereocenters. The Balaban J connectivity index is 1.43. The molecule has 3 aliphatic rings. The molecule has 0 saturated heterocycles. The van der Waals surface area contributed by atoms with Gasteiger partial charge in [0.2, 0.25) is 5.95 Å². The molecule has 30 heavy (non-hydrogen) atoms. The lowest BCUT2D eigenvalue weighted by molar-refractivity contribution is 0.157. The largest absolute Gasteiger partial charge is 0.463 e. The topological polar surface area (TPSA) is 79.6 Å². The van der Waals surface area contributed by atoms with E-state index >= 15 is 0 Å². The molecule has 4 aromatic rings. The first-order valence-corrected chi connectivity index (χ1v) is 10.6. The average molecular weight is 403 g/mol. The SMILES string of the molecule is Fc1ccc2c(-c3nc(N[C@@H]4CC5CCC4CC5)cc(-c4ccco4)n3)c[nH]c2n1. The number of nitrogens with zero attached hydrogens (tertiary/aromatic N) is 3. The normalized spacial score (nSPS) is 23.2. The fourth-order valence-corrected chi connectivity index (χ4v) is 5.10. The second-order valence-corrected chi connectivity index (χ2v) is 8.44. The second-order valence-electron chi connectivity index (χ2n) is 8.44. The molecule has 2 N–H and O–H groups in total. The van der Waals surface area contributed by atoms with Crippen LogP contribution in [0, 0.1) is 17.8 Å². The number of H-pyrrole nitrogens is 1. The molecule has 3 saturated carbocycles. The lowest BCUT2D eigenvalue weighted by Gasteiger charge is -2.42. The van der Waals surface area contributed by atoms with Crippen LogP contribution in [0.4, 0.5) is 10.2 Å². The van der Waals surface area contributed by atoms with E-state index in [0.717, 1.165) is 28.4 Å². The zero-order chi connectivity index (χ0) is 20.1. The lowest BCUT2D eigenvalue weighted by Crippen LogP contribution is -2.40. The van der Waals surface area contributed by atoms with Crippen LogP contribution in [-0.2, 0) is 0 Å². The van der Waals surface area contributed by atoms with Crippen LogP contribution in [0.5, 0.6) is 0 Å². The van der Waals surface area contributed by atoms with E-state index in [4.69, 9.17) is 14.4 Å². The third-order valence-corrected chi connectivity index (χ3v) is 6.63. The van der Waals surface area contributed by atoms with Crippen LogP contribution in [0.3, 0.4) is 0 Å². The number of hydrogen-bond donors (Lipinski definition) is 2. The fraction of sp³-hybridized carbons (Fsp3) is 0.348. The summed E-state index contributed by atoms with van der Waals surface area (Å²) in [6.07, 6.45) is 9.93. The van der Waals surface area contributed by atoms with Crippen molar-refractivity contribution >= 4 is 16.9 Å². The Morgan fingerprint density at radius 2 is 1.97 bits per heavy atom. The van der Waals surface area contributed by atoms with Crippen LogP contribution >= 0.6 is 0 Å². The maximum Gasteiger partial charge on any atom is 0.214 e. The van der Waals surface area contributed by atoms with Gasteiger partial charge < -0.3 is 14.7 Å². The van der Waals surface area contributed by atoms with Gasteiger partial charge in [0.15, 0.2) is 11.6 Å². The number of furan rings is 1. The highest BCUT2D eigenvalue weighted by Crippen LogP contribution is 2.42. The number of rotatable bonds is 4. The Labute approximate surface area is 173 Å². The molecule has 4 heterocycles. The number of aromatic nitrogens is 4. The molecule has 0 aromatic carbocycles. The van der Waals surface area contributed by atoms with Crippen molar-refractivity contribution in [1.82, 2.24) is 19.9 Å². The maximum atomic E-state index is 13.5. The van der Waals surface area contributed by atoms with E-state index in [1.807, 2.05) is 18.2 Å². The quantitative estimate of drug-likeness (QED) is 0.446. The number of nitrogens with one attached hydrogen (secondary N) is 2. The van der Waals surface area contributed by atoms with E-state index in [0.29, 0.717) is 29.2 Å². The molecule has 1 atom stereocenters. The second kappa shape index (κ2) is 6.93. The summed E-state index contributed by atoms with van der Waals surface area (Å²) in [6, 6.07) is 9.21. The van der Waals surface area contributed by atoms with Crippen molar-refractivity contribution in [3.8, 4) is 22.8 Å². The number of hydrogen-bond acceptors (Lipinski definition) is 5. The van der Waals surface area contributed by atoms with Crippen molar-refractivity contribution in [3.05, 3.63) is 48.7 Å². The van der Waals surface area contributed by atoms with E-state index < -0.39 is 5.95 Å². The van der Waals surface area contributed by atoms with Crippen LogP contribution in [0.15, 0.2) is 47.2 Å². The van der Waals surface area contributed by atoms with E-state index in [1.165, 1.54) is 38.2 Å². The van der Waals surface area contributed by atoms with Gasteiger partial charge in [0.05, 0.1) is 6.26 Å². The summed E-state index contributed by atoms with van der Waals surface area (Å²) >= 11 is 0. The van der Waals surface area contributed by atoms with Crippen LogP contribution in [0.25, 0.3) is 33.9 Å². The molecule has 7 rings (SSSR count). The van der Waals surface area contributed by atoms with Gasteiger partial charge in [-0.1, -0.05) is 12.8 Å². The molecule has 7 heteroatoms. The number of pyridine rings is 1. The van der Waals surface area contributed by atoms with Crippen LogP contribution in [0.2, 0.25) is 0 Å². The van der Waals surface area contributed by atoms with Gasteiger partial charge in [-0.2, -0.15) is 4.39 Å². The van der Waals surface area contributed by atoms with Crippen LogP contribution in [-0.4, -0.2) is 26.0 Å². The number of halogens is 1. The number of anilines is 1. The minimum Gasteiger partial charge on any atom is -0.463 e. The lowest BCUT2D eigenvalue weighted by atomic mass is 9.68. The minimum absolute atomic E-state index is 0.448. The summed E-state index contributed by atoms with van der Waals surface area (Å²) in [4.78, 5) is 16.5. The van der Waals surface area contributed by atoms with Gasteiger partial charge >= 0.3 is 0 Å². The molecule has 0 radical (unpaired) electrons. The Hall–Kier alpha value is -3.22. The van der Waals surface area contributed by atoms with Crippen molar-refractivity contribution in [1.29, 1.82) is 0 Å². The van der Waals surface area contributed by atoms with Gasteiger partial charge in [-0.25, -0.2) is 15.0 Å². The first-order chi connectivity index (χ1) is 14.7. The van der Waals surface area contributed by atoms with E-state index in [9.17, 15) is 4.39 Å². The Bertz CT molecular complexity index is 1190. The van der Waals surface area contributed by atoms with Crippen molar-refractivity contribution < 1.29 is 8.81 Å². The molecule has 0 aliphatic heterocycles. The first-order valence-electron chi connectivity index (χ1n) is 10.6. The summed E-state index contributed by atoms with van der Waals surface area (Å²) < 4.78 is 19.1. The van der Waals surface area contributed by atoms with Crippen molar-refractivity contribution in [2.24, 2.45) is 11.8 Å². The monoisotopic (exact) mass is 403 g/mol. The number of aromatic amines is 1. The summed E-state index contributed by atoms with van der Waals surface area (Å²) in [5.41, 5.74) is 1.99. The van der Waals surface area contributed by atoms with E-state index in [2.05, 4.69) is 15.3 Å². The van der Waals surface area contributed by atoms with E-state index in [-0.39, 0.29) is 0 Å². The molecule has 3 aliphatic carbocycles. The summed E-state index contributed by atoms with van der Waals surface area (Å²) in [5, 5.41) is 4.48. The summed E-state index contributed by atoms with van der Waals surface area (Å²) in [5.74, 6) is 3.07. The van der Waals surface area contributed by atoms with Crippen LogP contribution in [0.1, 0.15) is 32.1 Å². The Kier molecular flexibility index (Phi) is 4.07. The average Bonchev–Trinajstić information content (AvgIpc) is 3.44. The predicted molar refractivity (Wildman–Crippen MR) is 112 cm³/mol. The van der Waals surface area contributed by atoms with Gasteiger partial charge in [-0.05, 0) is 55.4 Å². The first kappa shape index (κ1) is 17.6. The van der Waals surface area contributed by atoms with Crippen molar-refractivity contribution in [2.75, 3.05) is 5.32 Å². The molecular formula is C23H22FN5O. The molecule has 4 aromatic heterocycles. The van der Waals surface area contributed by atoms with Gasteiger partial charge in [-0.3, -0.25) is 0 Å². The van der Waals surface area contributed by atoms with Crippen molar-refractivity contribution in [2.45, 2.75) is 38.1 Å². The molecule has 0 amide bonds. The minimum atomic E-state index is -0.518. The Morgan fingerprint density at radius 3 is 2.73 bits per heavy atom. The standard InChI is InChI=1S/C23H22FN5O/c24-20-8-7-15-16(12-25-22(15)28-20)23-27-18(19-2-1-9-30-19)11-21(29-23)26-17-10-13-3-5-14(17)6-4-13/h1-2,7-9,11-14,17H,3-6,10H2,(H,25,28)(H,26,27,29)/t13?,14?,17-/m1/s1. The molecule has 0 spiro atoms. The highest BCUT2D eigenvalue weighted by Gasteiger charge is 2.35. The fourth-order valence-electron chi connectivity index (χ4n) is 5.10. The summed E-state index contributed by atoms with van der Waals surface area (Å²) in [7, 11) is 0. The smallest absolute Gasteiger partial charge is 0.214 e. The van der Waals surface area contributed by atoms with Gasteiger partial charge in [0, 0.05) is 29.3 Å². The van der Waals surface area contributed by atoms with Crippen LogP contribution < -0.4 is 5.32 Å². The van der Waals surface area contributed by atoms with E-state index in [1.54, 1.807) is 18.5 Å². The zero-order valence-electron chi connectivity index (χ0n) is 16.4. The number of fused-ring (bicyclic) bond motifs is 4. The predicted octanol–water partition coefficient (Wildman–Crippen LogP) is 5.41. The molecule has 3 fully saturated rings. The maximum absolute atomic E-state index is 13.5. The van der Waals surface area contributed by atoms with Gasteiger partial charge in [0.1, 0.15) is 17.2 Å². The molecule has 6 nitrogen and oxygen atoms in total. The molecule has 152 valence electrons. The zero-order valence-corrected chi connectivity index (χ0v) is 16.4. The summed E-state index contributed by atoms with van der Waals surface area (Å²) in [6.45, 7) is 0. The third kappa shape index (κ3) is 3.05. The van der Waals surface area contributed by atoms with Gasteiger partial charge in [-0.15, -0.1) is 0 Å².